The summed E-state index contributed by atoms with van der Waals surface area (Å²) in [5, 5.41) is 0. The third kappa shape index (κ3) is 4.11. The maximum absolute atomic E-state index is 11.7. The molecule has 2 aromatic rings. The Morgan fingerprint density at radius 1 is 0.889 bits per heavy atom. The van der Waals surface area contributed by atoms with E-state index in [-0.39, 0.29) is 9.79 Å². The van der Waals surface area contributed by atoms with E-state index in [4.69, 9.17) is 0 Å². The Morgan fingerprint density at radius 2 is 1.44 bits per heavy atom. The molecule has 2 N–H and O–H groups in total. The van der Waals surface area contributed by atoms with E-state index < -0.39 is 31.1 Å². The molecule has 0 aromatic heterocycles. The van der Waals surface area contributed by atoms with E-state index >= 15 is 0 Å². The summed E-state index contributed by atoms with van der Waals surface area (Å²) in [6, 6.07) is 9.28. The van der Waals surface area contributed by atoms with Crippen molar-refractivity contribution in [3.63, 3.8) is 0 Å². The van der Waals surface area contributed by atoms with E-state index in [2.05, 4.69) is 4.90 Å². The van der Waals surface area contributed by atoms with Crippen molar-refractivity contribution in [2.45, 2.75) is 55.2 Å². The Bertz CT molecular complexity index is 1580. The van der Waals surface area contributed by atoms with Crippen molar-refractivity contribution in [1.29, 1.82) is 0 Å². The van der Waals surface area contributed by atoms with Gasteiger partial charge in [0.1, 0.15) is 7.05 Å². The second kappa shape index (κ2) is 8.37. The maximum Gasteiger partial charge on any atom is 0.294 e. The number of hydrogen-bond donors (Lipinski definition) is 2. The van der Waals surface area contributed by atoms with Gasteiger partial charge in [0, 0.05) is 41.1 Å². The zero-order chi connectivity index (χ0) is 26.8. The summed E-state index contributed by atoms with van der Waals surface area (Å²) in [4.78, 5) is 1.85. The van der Waals surface area contributed by atoms with Crippen LogP contribution in [-0.2, 0) is 31.1 Å². The Kier molecular flexibility index (Phi) is 6.11. The van der Waals surface area contributed by atoms with Gasteiger partial charge in [-0.25, -0.2) is 0 Å². The van der Waals surface area contributed by atoms with Crippen LogP contribution in [0.4, 0.5) is 11.4 Å². The highest BCUT2D eigenvalue weighted by Crippen LogP contribution is 2.48. The van der Waals surface area contributed by atoms with Gasteiger partial charge in [0.05, 0.1) is 15.2 Å². The van der Waals surface area contributed by atoms with E-state index in [9.17, 15) is 25.9 Å². The van der Waals surface area contributed by atoms with Crippen LogP contribution in [0.25, 0.3) is 0 Å². The summed E-state index contributed by atoms with van der Waals surface area (Å²) in [5.41, 5.74) is 4.28. The van der Waals surface area contributed by atoms with Gasteiger partial charge in [0.2, 0.25) is 5.69 Å². The predicted octanol–water partition coefficient (Wildman–Crippen LogP) is 4.44. The Morgan fingerprint density at radius 3 is 2.00 bits per heavy atom. The van der Waals surface area contributed by atoms with E-state index in [0.29, 0.717) is 6.54 Å². The molecule has 36 heavy (non-hydrogen) atoms. The second-order valence-electron chi connectivity index (χ2n) is 10.2. The highest BCUT2D eigenvalue weighted by molar-refractivity contribution is 7.86. The Balaban J connectivity index is 1.74. The minimum absolute atomic E-state index is 0.130. The Labute approximate surface area is 212 Å². The van der Waals surface area contributed by atoms with Crippen LogP contribution < -0.4 is 4.90 Å². The molecule has 2 aromatic carbocycles. The van der Waals surface area contributed by atoms with Crippen LogP contribution in [0.2, 0.25) is 0 Å². The summed E-state index contributed by atoms with van der Waals surface area (Å²) in [6.45, 7) is 10.7. The number of anilines is 1. The molecule has 0 atom stereocenters. The lowest BCUT2D eigenvalue weighted by Crippen LogP contribution is -2.27. The highest BCUT2D eigenvalue weighted by Gasteiger charge is 2.44. The van der Waals surface area contributed by atoms with Gasteiger partial charge < -0.3 is 4.90 Å². The lowest BCUT2D eigenvalue weighted by atomic mass is 9.81. The van der Waals surface area contributed by atoms with Crippen LogP contribution in [-0.4, -0.2) is 49.8 Å². The first-order valence-corrected chi connectivity index (χ1v) is 14.4. The Hall–Kier alpha value is -2.79. The summed E-state index contributed by atoms with van der Waals surface area (Å²) in [6.07, 6.45) is 5.93. The zero-order valence-corrected chi connectivity index (χ0v) is 22.8. The monoisotopic (exact) mass is 531 g/mol. The van der Waals surface area contributed by atoms with Crippen molar-refractivity contribution < 1.29 is 30.5 Å². The molecule has 2 aliphatic heterocycles. The molecular formula is C26H31N2O6S2+. The maximum atomic E-state index is 11.7. The van der Waals surface area contributed by atoms with Crippen LogP contribution in [0, 0.1) is 0 Å². The molecule has 0 unspecified atom stereocenters. The van der Waals surface area contributed by atoms with Crippen molar-refractivity contribution >= 4 is 37.3 Å². The van der Waals surface area contributed by atoms with Gasteiger partial charge in [0.25, 0.3) is 20.2 Å². The van der Waals surface area contributed by atoms with Gasteiger partial charge >= 0.3 is 0 Å². The van der Waals surface area contributed by atoms with Gasteiger partial charge in [-0.2, -0.15) is 21.4 Å². The molecule has 0 saturated heterocycles. The number of hydrogen-bond acceptors (Lipinski definition) is 5. The van der Waals surface area contributed by atoms with Gasteiger partial charge in [-0.15, -0.1) is 0 Å². The lowest BCUT2D eigenvalue weighted by Gasteiger charge is -2.25. The molecule has 8 nitrogen and oxygen atoms in total. The van der Waals surface area contributed by atoms with Crippen molar-refractivity contribution in [2.75, 3.05) is 18.5 Å². The molecule has 0 aliphatic carbocycles. The van der Waals surface area contributed by atoms with Crippen LogP contribution in [0.15, 0.2) is 70.1 Å². The van der Waals surface area contributed by atoms with Crippen molar-refractivity contribution in [2.24, 2.45) is 0 Å². The number of fused-ring (bicyclic) bond motifs is 2. The first kappa shape index (κ1) is 26.3. The lowest BCUT2D eigenvalue weighted by molar-refractivity contribution is -0.401. The number of likely N-dealkylation sites (N-methyl/N-ethyl adjacent to an activating group) is 1. The molecule has 2 heterocycles. The summed E-state index contributed by atoms with van der Waals surface area (Å²) >= 11 is 0. The minimum Gasteiger partial charge on any atom is -0.344 e. The van der Waals surface area contributed by atoms with Crippen LogP contribution >= 0.6 is 0 Å². The molecule has 0 radical (unpaired) electrons. The SMILES string of the molecule is CCN1/C(=C\C=C\C2=[N+](C)c3ccc(S(=O)(=O)O)cc3C2(C)C)C(C)(C)c2cc(S(=O)(=O)O)ccc21. The van der Waals surface area contributed by atoms with Crippen molar-refractivity contribution in [3.8, 4) is 0 Å². The predicted molar refractivity (Wildman–Crippen MR) is 140 cm³/mol. The van der Waals surface area contributed by atoms with Crippen molar-refractivity contribution in [1.82, 2.24) is 0 Å². The normalized spacial score (nSPS) is 19.9. The molecule has 4 rings (SSSR count). The largest absolute Gasteiger partial charge is 0.344 e. The first-order valence-electron chi connectivity index (χ1n) is 11.5. The van der Waals surface area contributed by atoms with E-state index in [1.807, 2.05) is 64.5 Å². The van der Waals surface area contributed by atoms with Gasteiger partial charge in [-0.05, 0) is 62.7 Å². The highest BCUT2D eigenvalue weighted by atomic mass is 32.2. The van der Waals surface area contributed by atoms with Crippen LogP contribution in [0.1, 0.15) is 45.7 Å². The molecule has 0 fully saturated rings. The smallest absolute Gasteiger partial charge is 0.294 e. The molecule has 0 bridgehead atoms. The first-order chi connectivity index (χ1) is 16.5. The molecule has 10 heteroatoms. The van der Waals surface area contributed by atoms with Crippen LogP contribution in [0.3, 0.4) is 0 Å². The topological polar surface area (TPSA) is 115 Å². The molecule has 0 saturated carbocycles. The van der Waals surface area contributed by atoms with Gasteiger partial charge in [-0.3, -0.25) is 9.11 Å². The third-order valence-electron chi connectivity index (χ3n) is 7.29. The quantitative estimate of drug-likeness (QED) is 0.433. The molecular weight excluding hydrogens is 500 g/mol. The standard InChI is InChI=1S/C26H30N2O6S2/c1-7-28-22-14-12-18(36(32,33)34)16-20(22)26(4,5)24(28)10-8-9-23-25(2,3)19-15-17(35(29,30)31)11-13-21(19)27(23)6/h8-16H,7H2,1-6H3,(H-,29,30,31,32,33,34)/p+1. The number of nitrogens with zero attached hydrogens (tertiary/aromatic N) is 2. The van der Waals surface area contributed by atoms with E-state index in [1.54, 1.807) is 12.1 Å². The number of allylic oxidation sites excluding steroid dienone is 4. The van der Waals surface area contributed by atoms with E-state index in [1.165, 1.54) is 24.3 Å². The van der Waals surface area contributed by atoms with E-state index in [0.717, 1.165) is 33.9 Å². The second-order valence-corrected chi connectivity index (χ2v) is 13.0. The fourth-order valence-electron chi connectivity index (χ4n) is 5.36. The third-order valence-corrected chi connectivity index (χ3v) is 8.99. The fourth-order valence-corrected chi connectivity index (χ4v) is 6.38. The van der Waals surface area contributed by atoms with Gasteiger partial charge in [0.15, 0.2) is 5.71 Å². The molecule has 192 valence electrons. The van der Waals surface area contributed by atoms with Crippen LogP contribution in [0.5, 0.6) is 0 Å². The molecule has 2 aliphatic rings. The average Bonchev–Trinajstić information content (AvgIpc) is 3.11. The molecule has 0 spiro atoms. The average molecular weight is 532 g/mol. The fraction of sp³-hybridized carbons (Fsp3) is 0.346. The summed E-state index contributed by atoms with van der Waals surface area (Å²) < 4.78 is 67.8. The van der Waals surface area contributed by atoms with Crippen molar-refractivity contribution in [3.05, 3.63) is 71.5 Å². The van der Waals surface area contributed by atoms with Gasteiger partial charge in [-0.1, -0.05) is 19.9 Å². The zero-order valence-electron chi connectivity index (χ0n) is 21.1. The number of benzene rings is 2. The number of rotatable bonds is 5. The molecule has 0 amide bonds. The minimum atomic E-state index is -4.32. The summed E-state index contributed by atoms with van der Waals surface area (Å²) in [5.74, 6) is 0. The summed E-state index contributed by atoms with van der Waals surface area (Å²) in [7, 11) is -6.71.